The summed E-state index contributed by atoms with van der Waals surface area (Å²) in [4.78, 5) is 16.0. The lowest BCUT2D eigenvalue weighted by atomic mass is 10.3. The van der Waals surface area contributed by atoms with Crippen LogP contribution in [0.2, 0.25) is 0 Å². The molecular formula is C12H14BrN3O2. The molecule has 2 aromatic rings. The Balaban J connectivity index is 2.60. The zero-order valence-electron chi connectivity index (χ0n) is 10.0. The van der Waals surface area contributed by atoms with E-state index in [4.69, 9.17) is 10.5 Å². The molecule has 18 heavy (non-hydrogen) atoms. The molecular weight excluding hydrogens is 298 g/mol. The third-order valence-electron chi connectivity index (χ3n) is 2.67. The van der Waals surface area contributed by atoms with Crippen molar-refractivity contribution in [2.24, 2.45) is 5.73 Å². The van der Waals surface area contributed by atoms with Gasteiger partial charge >= 0.3 is 5.97 Å². The second-order valence-electron chi connectivity index (χ2n) is 3.83. The molecule has 0 saturated carbocycles. The maximum atomic E-state index is 11.7. The number of imidazole rings is 1. The van der Waals surface area contributed by atoms with Crippen molar-refractivity contribution in [1.82, 2.24) is 9.38 Å². The maximum absolute atomic E-state index is 11.7. The second kappa shape index (κ2) is 5.49. The van der Waals surface area contributed by atoms with E-state index < -0.39 is 5.97 Å². The Morgan fingerprint density at radius 1 is 1.56 bits per heavy atom. The van der Waals surface area contributed by atoms with E-state index in [1.807, 2.05) is 22.6 Å². The number of nitrogens with zero attached hydrogens (tertiary/aromatic N) is 2. The van der Waals surface area contributed by atoms with Crippen molar-refractivity contribution in [3.8, 4) is 0 Å². The molecule has 0 aliphatic carbocycles. The first-order chi connectivity index (χ1) is 8.69. The van der Waals surface area contributed by atoms with E-state index in [1.165, 1.54) is 7.11 Å². The fraction of sp³-hybridized carbons (Fsp3) is 0.333. The average molecular weight is 312 g/mol. The van der Waals surface area contributed by atoms with Crippen LogP contribution in [0.25, 0.3) is 5.52 Å². The Labute approximate surface area is 113 Å². The summed E-state index contributed by atoms with van der Waals surface area (Å²) in [6, 6.07) is 5.61. The number of hydrogen-bond donors (Lipinski definition) is 1. The molecule has 0 spiro atoms. The van der Waals surface area contributed by atoms with Crippen LogP contribution in [0.15, 0.2) is 22.8 Å². The standard InChI is InChI=1S/C12H14BrN3O2/c1-18-12(17)11-8-4-2-5-9(13)16(8)10(15-11)6-3-7-14/h2,4-5H,3,6-7,14H2,1H3. The summed E-state index contributed by atoms with van der Waals surface area (Å²) >= 11 is 3.46. The molecule has 0 saturated heterocycles. The number of carbonyl (C=O) groups excluding carboxylic acids is 1. The van der Waals surface area contributed by atoms with Gasteiger partial charge in [0.2, 0.25) is 0 Å². The lowest BCUT2D eigenvalue weighted by Gasteiger charge is -2.02. The predicted molar refractivity (Wildman–Crippen MR) is 71.6 cm³/mol. The number of fused-ring (bicyclic) bond motifs is 1. The third kappa shape index (κ3) is 2.26. The number of nitrogens with two attached hydrogens (primary N) is 1. The minimum Gasteiger partial charge on any atom is -0.464 e. The van der Waals surface area contributed by atoms with Gasteiger partial charge in [0, 0.05) is 6.42 Å². The van der Waals surface area contributed by atoms with E-state index in [9.17, 15) is 4.79 Å². The van der Waals surface area contributed by atoms with Gasteiger partial charge in [0.25, 0.3) is 0 Å². The van der Waals surface area contributed by atoms with E-state index in [0.717, 1.165) is 28.8 Å². The van der Waals surface area contributed by atoms with Crippen molar-refractivity contribution in [2.75, 3.05) is 13.7 Å². The summed E-state index contributed by atoms with van der Waals surface area (Å²) in [6.07, 6.45) is 1.54. The topological polar surface area (TPSA) is 69.6 Å². The molecule has 2 N–H and O–H groups in total. The highest BCUT2D eigenvalue weighted by atomic mass is 79.9. The number of methoxy groups -OCH3 is 1. The molecule has 96 valence electrons. The molecule has 0 bridgehead atoms. The molecule has 6 heteroatoms. The SMILES string of the molecule is COC(=O)c1nc(CCCN)n2c(Br)cccc12. The molecule has 5 nitrogen and oxygen atoms in total. The number of ether oxygens (including phenoxy) is 1. The number of hydrogen-bond acceptors (Lipinski definition) is 4. The Morgan fingerprint density at radius 3 is 3.00 bits per heavy atom. The van der Waals surface area contributed by atoms with Crippen LogP contribution >= 0.6 is 15.9 Å². The molecule has 0 aliphatic heterocycles. The smallest absolute Gasteiger partial charge is 0.358 e. The van der Waals surface area contributed by atoms with Gasteiger partial charge in [-0.3, -0.25) is 4.40 Å². The van der Waals surface area contributed by atoms with Crippen molar-refractivity contribution < 1.29 is 9.53 Å². The minimum atomic E-state index is -0.426. The molecule has 0 atom stereocenters. The predicted octanol–water partition coefficient (Wildman–Crippen LogP) is 1.77. The van der Waals surface area contributed by atoms with Gasteiger partial charge in [-0.1, -0.05) is 6.07 Å². The number of carbonyl (C=O) groups is 1. The van der Waals surface area contributed by atoms with Gasteiger partial charge in [-0.25, -0.2) is 9.78 Å². The average Bonchev–Trinajstić information content (AvgIpc) is 2.75. The van der Waals surface area contributed by atoms with Crippen molar-refractivity contribution >= 4 is 27.4 Å². The lowest BCUT2D eigenvalue weighted by molar-refractivity contribution is 0.0597. The number of halogens is 1. The van der Waals surface area contributed by atoms with Crippen LogP contribution in [0.4, 0.5) is 0 Å². The van der Waals surface area contributed by atoms with E-state index in [0.29, 0.717) is 12.2 Å². The van der Waals surface area contributed by atoms with E-state index in [2.05, 4.69) is 20.9 Å². The van der Waals surface area contributed by atoms with Gasteiger partial charge in [-0.05, 0) is 41.0 Å². The Hall–Kier alpha value is -1.40. The summed E-state index contributed by atoms with van der Waals surface area (Å²) in [5, 5.41) is 0. The molecule has 2 rings (SSSR count). The van der Waals surface area contributed by atoms with E-state index in [1.54, 1.807) is 0 Å². The van der Waals surface area contributed by atoms with Gasteiger partial charge < -0.3 is 10.5 Å². The molecule has 0 amide bonds. The number of aryl methyl sites for hydroxylation is 1. The molecule has 0 radical (unpaired) electrons. The fourth-order valence-corrected chi connectivity index (χ4v) is 2.39. The largest absolute Gasteiger partial charge is 0.464 e. The molecule has 2 aromatic heterocycles. The highest BCUT2D eigenvalue weighted by Gasteiger charge is 2.18. The zero-order valence-corrected chi connectivity index (χ0v) is 11.6. The zero-order chi connectivity index (χ0) is 13.1. The van der Waals surface area contributed by atoms with Crippen LogP contribution in [-0.4, -0.2) is 29.0 Å². The van der Waals surface area contributed by atoms with Gasteiger partial charge in [0.1, 0.15) is 5.82 Å². The van der Waals surface area contributed by atoms with Crippen LogP contribution in [0, 0.1) is 0 Å². The van der Waals surface area contributed by atoms with Crippen LogP contribution < -0.4 is 5.73 Å². The van der Waals surface area contributed by atoms with Crippen molar-refractivity contribution in [2.45, 2.75) is 12.8 Å². The quantitative estimate of drug-likeness (QED) is 0.690. The maximum Gasteiger partial charge on any atom is 0.358 e. The summed E-state index contributed by atoms with van der Waals surface area (Å²) < 4.78 is 7.51. The minimum absolute atomic E-state index is 0.339. The second-order valence-corrected chi connectivity index (χ2v) is 4.64. The monoisotopic (exact) mass is 311 g/mol. The fourth-order valence-electron chi connectivity index (χ4n) is 1.84. The first-order valence-corrected chi connectivity index (χ1v) is 6.42. The highest BCUT2D eigenvalue weighted by Crippen LogP contribution is 2.21. The van der Waals surface area contributed by atoms with Gasteiger partial charge in [-0.15, -0.1) is 0 Å². The summed E-state index contributed by atoms with van der Waals surface area (Å²) in [6.45, 7) is 0.590. The van der Waals surface area contributed by atoms with Crippen LogP contribution in [-0.2, 0) is 11.2 Å². The van der Waals surface area contributed by atoms with E-state index >= 15 is 0 Å². The molecule has 0 fully saturated rings. The van der Waals surface area contributed by atoms with Gasteiger partial charge in [-0.2, -0.15) is 0 Å². The Kier molecular flexibility index (Phi) is 3.98. The summed E-state index contributed by atoms with van der Waals surface area (Å²) in [5.41, 5.74) is 6.59. The van der Waals surface area contributed by atoms with Crippen molar-refractivity contribution in [3.63, 3.8) is 0 Å². The first kappa shape index (κ1) is 13.0. The third-order valence-corrected chi connectivity index (χ3v) is 3.29. The number of esters is 1. The molecule has 2 heterocycles. The number of pyridine rings is 1. The first-order valence-electron chi connectivity index (χ1n) is 5.63. The van der Waals surface area contributed by atoms with Crippen LogP contribution in [0.1, 0.15) is 22.7 Å². The number of aromatic nitrogens is 2. The summed E-state index contributed by atoms with van der Waals surface area (Å²) in [5.74, 6) is 0.382. The van der Waals surface area contributed by atoms with E-state index in [-0.39, 0.29) is 0 Å². The summed E-state index contributed by atoms with van der Waals surface area (Å²) in [7, 11) is 1.35. The molecule has 0 aromatic carbocycles. The van der Waals surface area contributed by atoms with Crippen LogP contribution in [0.3, 0.4) is 0 Å². The lowest BCUT2D eigenvalue weighted by Crippen LogP contribution is -2.04. The molecule has 0 aliphatic rings. The number of rotatable bonds is 4. The Morgan fingerprint density at radius 2 is 2.33 bits per heavy atom. The van der Waals surface area contributed by atoms with Crippen molar-refractivity contribution in [3.05, 3.63) is 34.3 Å². The van der Waals surface area contributed by atoms with Gasteiger partial charge in [0.05, 0.1) is 17.2 Å². The van der Waals surface area contributed by atoms with Crippen LogP contribution in [0.5, 0.6) is 0 Å². The van der Waals surface area contributed by atoms with Gasteiger partial charge in [0.15, 0.2) is 5.69 Å². The highest BCUT2D eigenvalue weighted by molar-refractivity contribution is 9.10. The normalized spacial score (nSPS) is 10.8. The Bertz CT molecular complexity index is 580. The van der Waals surface area contributed by atoms with Crippen molar-refractivity contribution in [1.29, 1.82) is 0 Å². The molecule has 0 unspecified atom stereocenters.